The number of carbonyl (C=O) groups excluding carboxylic acids is 2. The standard InChI is InChI=1S/C28H34O5/c1-18(20-10-12-24(19(2)14-20)32-17-26(29)28(3,4)5)8-7-9-23-16-22-15-21(27(30)31-6)11-13-25(22)33-23/h10-16,18H,7-9,17H2,1-6H3. The first-order chi connectivity index (χ1) is 15.6. The number of rotatable bonds is 9. The number of furan rings is 1. The Morgan fingerprint density at radius 2 is 1.82 bits per heavy atom. The average molecular weight is 451 g/mol. The van der Waals surface area contributed by atoms with Gasteiger partial charge < -0.3 is 13.9 Å². The van der Waals surface area contributed by atoms with E-state index >= 15 is 0 Å². The lowest BCUT2D eigenvalue weighted by Crippen LogP contribution is -2.26. The molecule has 0 radical (unpaired) electrons. The molecule has 176 valence electrons. The van der Waals surface area contributed by atoms with Crippen molar-refractivity contribution in [3.63, 3.8) is 0 Å². The highest BCUT2D eigenvalue weighted by Gasteiger charge is 2.22. The number of esters is 1. The molecule has 0 spiro atoms. The first-order valence-electron chi connectivity index (χ1n) is 11.5. The molecular weight excluding hydrogens is 416 g/mol. The number of ketones is 1. The molecule has 1 aromatic heterocycles. The molecule has 0 aliphatic heterocycles. The van der Waals surface area contributed by atoms with Crippen molar-refractivity contribution >= 4 is 22.7 Å². The molecule has 3 rings (SSSR count). The number of hydrogen-bond donors (Lipinski definition) is 0. The molecule has 0 saturated heterocycles. The smallest absolute Gasteiger partial charge is 0.337 e. The topological polar surface area (TPSA) is 65.7 Å². The van der Waals surface area contributed by atoms with Gasteiger partial charge in [0.15, 0.2) is 5.78 Å². The summed E-state index contributed by atoms with van der Waals surface area (Å²) in [5.74, 6) is 1.82. The van der Waals surface area contributed by atoms with E-state index in [-0.39, 0.29) is 18.4 Å². The summed E-state index contributed by atoms with van der Waals surface area (Å²) < 4.78 is 16.5. The molecule has 1 atom stereocenters. The fourth-order valence-electron chi connectivity index (χ4n) is 3.72. The Hall–Kier alpha value is -3.08. The van der Waals surface area contributed by atoms with Gasteiger partial charge in [-0.1, -0.05) is 39.8 Å². The molecule has 5 heteroatoms. The van der Waals surface area contributed by atoms with Gasteiger partial charge in [-0.2, -0.15) is 0 Å². The minimum atomic E-state index is -0.397. The molecule has 0 bridgehead atoms. The summed E-state index contributed by atoms with van der Waals surface area (Å²) in [5, 5.41) is 0.914. The zero-order valence-electron chi connectivity index (χ0n) is 20.5. The van der Waals surface area contributed by atoms with Crippen molar-refractivity contribution in [1.29, 1.82) is 0 Å². The second-order valence-electron chi connectivity index (χ2n) is 9.74. The summed E-state index contributed by atoms with van der Waals surface area (Å²) in [6, 6.07) is 13.5. The normalized spacial score (nSPS) is 12.5. The fraction of sp³-hybridized carbons (Fsp3) is 0.429. The maximum absolute atomic E-state index is 12.1. The van der Waals surface area contributed by atoms with Gasteiger partial charge in [-0.15, -0.1) is 0 Å². The molecule has 2 aromatic carbocycles. The van der Waals surface area contributed by atoms with Crippen LogP contribution >= 0.6 is 0 Å². The number of benzene rings is 2. The van der Waals surface area contributed by atoms with E-state index in [0.717, 1.165) is 47.3 Å². The van der Waals surface area contributed by atoms with E-state index in [4.69, 9.17) is 13.9 Å². The summed E-state index contributed by atoms with van der Waals surface area (Å²) in [6.45, 7) is 10.0. The van der Waals surface area contributed by atoms with Crippen molar-refractivity contribution < 1.29 is 23.5 Å². The van der Waals surface area contributed by atoms with Crippen LogP contribution in [-0.4, -0.2) is 25.5 Å². The molecule has 0 amide bonds. The minimum absolute atomic E-state index is 0.0893. The Morgan fingerprint density at radius 3 is 2.48 bits per heavy atom. The van der Waals surface area contributed by atoms with Crippen LogP contribution in [0, 0.1) is 12.3 Å². The highest BCUT2D eigenvalue weighted by atomic mass is 16.5. The van der Waals surface area contributed by atoms with Crippen LogP contribution in [0.4, 0.5) is 0 Å². The number of aryl methyl sites for hydroxylation is 2. The van der Waals surface area contributed by atoms with Gasteiger partial charge in [0.05, 0.1) is 12.7 Å². The Labute approximate surface area is 196 Å². The molecule has 1 heterocycles. The lowest BCUT2D eigenvalue weighted by atomic mass is 9.91. The van der Waals surface area contributed by atoms with E-state index in [1.807, 2.05) is 45.9 Å². The number of carbonyl (C=O) groups is 2. The number of fused-ring (bicyclic) bond motifs is 1. The van der Waals surface area contributed by atoms with Gasteiger partial charge >= 0.3 is 5.97 Å². The zero-order valence-corrected chi connectivity index (χ0v) is 20.5. The maximum Gasteiger partial charge on any atom is 0.337 e. The van der Waals surface area contributed by atoms with Crippen LogP contribution in [0.15, 0.2) is 46.9 Å². The van der Waals surface area contributed by atoms with Crippen molar-refractivity contribution in [2.75, 3.05) is 13.7 Å². The third-order valence-corrected chi connectivity index (χ3v) is 6.01. The Bertz CT molecular complexity index is 1130. The quantitative estimate of drug-likeness (QED) is 0.342. The van der Waals surface area contributed by atoms with E-state index in [9.17, 15) is 9.59 Å². The Balaban J connectivity index is 1.55. The monoisotopic (exact) mass is 450 g/mol. The number of ether oxygens (including phenoxy) is 2. The molecule has 1 unspecified atom stereocenters. The van der Waals surface area contributed by atoms with Crippen molar-refractivity contribution in [3.8, 4) is 5.75 Å². The second kappa shape index (κ2) is 10.2. The van der Waals surface area contributed by atoms with Gasteiger partial charge in [-0.05, 0) is 67.1 Å². The van der Waals surface area contributed by atoms with Crippen LogP contribution in [0.1, 0.15) is 73.7 Å². The molecular formula is C28H34O5. The summed E-state index contributed by atoms with van der Waals surface area (Å²) in [5.41, 5.74) is 3.21. The second-order valence-corrected chi connectivity index (χ2v) is 9.74. The summed E-state index contributed by atoms with van der Waals surface area (Å²) in [4.78, 5) is 23.8. The third-order valence-electron chi connectivity index (χ3n) is 6.01. The van der Waals surface area contributed by atoms with E-state index in [1.54, 1.807) is 12.1 Å². The predicted octanol–water partition coefficient (Wildman–Crippen LogP) is 6.65. The van der Waals surface area contributed by atoms with Gasteiger partial charge in [0, 0.05) is 17.2 Å². The number of methoxy groups -OCH3 is 1. The van der Waals surface area contributed by atoms with E-state index in [2.05, 4.69) is 19.1 Å². The highest BCUT2D eigenvalue weighted by Crippen LogP contribution is 2.28. The van der Waals surface area contributed by atoms with Crippen LogP contribution in [0.2, 0.25) is 0 Å². The summed E-state index contributed by atoms with van der Waals surface area (Å²) >= 11 is 0. The molecule has 3 aromatic rings. The van der Waals surface area contributed by atoms with E-state index in [0.29, 0.717) is 11.5 Å². The molecule has 0 aliphatic rings. The fourth-order valence-corrected chi connectivity index (χ4v) is 3.72. The SMILES string of the molecule is COC(=O)c1ccc2oc(CCCC(C)c3ccc(OCC(=O)C(C)(C)C)c(C)c3)cc2c1. The van der Waals surface area contributed by atoms with Gasteiger partial charge in [-0.3, -0.25) is 4.79 Å². The van der Waals surface area contributed by atoms with Crippen LogP contribution in [-0.2, 0) is 16.0 Å². The van der Waals surface area contributed by atoms with E-state index in [1.165, 1.54) is 12.7 Å². The lowest BCUT2D eigenvalue weighted by Gasteiger charge is -2.18. The van der Waals surface area contributed by atoms with Crippen LogP contribution in [0.5, 0.6) is 5.75 Å². The molecule has 0 aliphatic carbocycles. The lowest BCUT2D eigenvalue weighted by molar-refractivity contribution is -0.128. The largest absolute Gasteiger partial charge is 0.486 e. The van der Waals surface area contributed by atoms with E-state index < -0.39 is 5.41 Å². The van der Waals surface area contributed by atoms with Gasteiger partial charge in [0.2, 0.25) is 0 Å². The van der Waals surface area contributed by atoms with Gasteiger partial charge in [0.25, 0.3) is 0 Å². The van der Waals surface area contributed by atoms with Crippen LogP contribution < -0.4 is 4.74 Å². The molecule has 0 fully saturated rings. The molecule has 5 nitrogen and oxygen atoms in total. The minimum Gasteiger partial charge on any atom is -0.486 e. The van der Waals surface area contributed by atoms with Crippen molar-refractivity contribution in [1.82, 2.24) is 0 Å². The first-order valence-corrected chi connectivity index (χ1v) is 11.5. The number of Topliss-reactive ketones (excluding diaryl/α,β-unsaturated/α-hetero) is 1. The summed E-state index contributed by atoms with van der Waals surface area (Å²) in [6.07, 6.45) is 2.84. The molecule has 33 heavy (non-hydrogen) atoms. The van der Waals surface area contributed by atoms with Crippen molar-refractivity contribution in [2.24, 2.45) is 5.41 Å². The summed E-state index contributed by atoms with van der Waals surface area (Å²) in [7, 11) is 1.38. The van der Waals surface area contributed by atoms with Gasteiger partial charge in [-0.25, -0.2) is 4.79 Å². The van der Waals surface area contributed by atoms with Crippen molar-refractivity contribution in [2.45, 2.75) is 59.8 Å². The molecule has 0 saturated carbocycles. The average Bonchev–Trinajstić information content (AvgIpc) is 3.18. The maximum atomic E-state index is 12.1. The predicted molar refractivity (Wildman–Crippen MR) is 130 cm³/mol. The van der Waals surface area contributed by atoms with Gasteiger partial charge in [0.1, 0.15) is 23.7 Å². The third kappa shape index (κ3) is 6.25. The highest BCUT2D eigenvalue weighted by molar-refractivity contribution is 5.94. The Kier molecular flexibility index (Phi) is 7.62. The molecule has 0 N–H and O–H groups in total. The zero-order chi connectivity index (χ0) is 24.2. The van der Waals surface area contributed by atoms with Crippen LogP contribution in [0.3, 0.4) is 0 Å². The Morgan fingerprint density at radius 1 is 1.06 bits per heavy atom. The first kappa shape index (κ1) is 24.6. The van der Waals surface area contributed by atoms with Crippen molar-refractivity contribution in [3.05, 3.63) is 64.9 Å². The number of hydrogen-bond acceptors (Lipinski definition) is 5. The van der Waals surface area contributed by atoms with Crippen LogP contribution in [0.25, 0.3) is 11.0 Å².